The van der Waals surface area contributed by atoms with Crippen LogP contribution in [0.15, 0.2) is 35.3 Å². The number of amides is 1. The summed E-state index contributed by atoms with van der Waals surface area (Å²) in [7, 11) is 0. The molecule has 0 fully saturated rings. The highest BCUT2D eigenvalue weighted by Gasteiger charge is 2.03. The fourth-order valence-corrected chi connectivity index (χ4v) is 0.682. The molecule has 0 heterocycles. The van der Waals surface area contributed by atoms with Crippen LogP contribution in [0.4, 0.5) is 0 Å². The molecule has 3 N–H and O–H groups in total. The van der Waals surface area contributed by atoms with Crippen LogP contribution in [0.5, 0.6) is 5.75 Å². The van der Waals surface area contributed by atoms with Crippen molar-refractivity contribution >= 4 is 29.1 Å². The highest BCUT2D eigenvalue weighted by molar-refractivity contribution is 6.33. The minimum atomic E-state index is -0.613. The number of para-hydroxylation sites is 1. The third-order valence-corrected chi connectivity index (χ3v) is 1.60. The first-order valence-corrected chi connectivity index (χ1v) is 4.44. The Morgan fingerprint density at radius 3 is 2.07 bits per heavy atom. The van der Waals surface area contributed by atoms with Gasteiger partial charge in [0.2, 0.25) is 0 Å². The second-order valence-electron chi connectivity index (χ2n) is 2.13. The summed E-state index contributed by atoms with van der Waals surface area (Å²) in [5.41, 5.74) is 7.55. The molecule has 0 aliphatic rings. The number of aromatic hydroxyl groups is 1. The van der Waals surface area contributed by atoms with E-state index in [0.29, 0.717) is 0 Å². The van der Waals surface area contributed by atoms with Gasteiger partial charge in [-0.1, -0.05) is 35.3 Å². The summed E-state index contributed by atoms with van der Waals surface area (Å²) in [6.45, 7) is 0. The molecule has 5 heteroatoms. The summed E-state index contributed by atoms with van der Waals surface area (Å²) >= 11 is 9.75. The van der Waals surface area contributed by atoms with Crippen molar-refractivity contribution in [2.24, 2.45) is 5.73 Å². The van der Waals surface area contributed by atoms with Crippen LogP contribution in [0.25, 0.3) is 0 Å². The van der Waals surface area contributed by atoms with E-state index < -0.39 is 5.91 Å². The van der Waals surface area contributed by atoms with Gasteiger partial charge < -0.3 is 10.8 Å². The molecule has 0 unspecified atom stereocenters. The van der Waals surface area contributed by atoms with Crippen molar-refractivity contribution in [1.29, 1.82) is 0 Å². The average molecular weight is 234 g/mol. The fourth-order valence-electron chi connectivity index (χ4n) is 0.682. The van der Waals surface area contributed by atoms with Crippen LogP contribution < -0.4 is 5.73 Å². The quantitative estimate of drug-likeness (QED) is 0.783. The Morgan fingerprint density at radius 1 is 1.29 bits per heavy atom. The Bertz CT molecular complexity index is 322. The summed E-state index contributed by atoms with van der Waals surface area (Å²) in [4.78, 5) is 10.5. The molecule has 14 heavy (non-hydrogen) atoms. The van der Waals surface area contributed by atoms with E-state index in [0.717, 1.165) is 0 Å². The molecule has 0 atom stereocenters. The highest BCUT2D eigenvalue weighted by atomic mass is 35.5. The van der Waals surface area contributed by atoms with Crippen LogP contribution in [-0.4, -0.2) is 11.0 Å². The second kappa shape index (κ2) is 7.24. The van der Waals surface area contributed by atoms with E-state index in [2.05, 4.69) is 0 Å². The molecule has 3 nitrogen and oxygen atoms in total. The Labute approximate surface area is 91.7 Å². The number of hydrogen-bond acceptors (Lipinski definition) is 2. The molecule has 0 saturated carbocycles. The molecule has 1 aromatic carbocycles. The predicted molar refractivity (Wildman–Crippen MR) is 57.5 cm³/mol. The van der Waals surface area contributed by atoms with E-state index in [-0.39, 0.29) is 11.3 Å². The van der Waals surface area contributed by atoms with Crippen molar-refractivity contribution in [2.75, 3.05) is 0 Å². The fraction of sp³-hybridized carbons (Fsp3) is 0. The summed E-state index contributed by atoms with van der Waals surface area (Å²) in [5.74, 6) is -0.687. The lowest BCUT2D eigenvalue weighted by Crippen LogP contribution is -2.10. The predicted octanol–water partition coefficient (Wildman–Crippen LogP) is 2.43. The first-order valence-electron chi connectivity index (χ1n) is 3.56. The molecule has 0 aromatic heterocycles. The number of carbonyl (C=O) groups excluding carboxylic acids is 1. The number of carbonyl (C=O) groups is 1. The van der Waals surface area contributed by atoms with Crippen LogP contribution >= 0.6 is 23.2 Å². The smallest absolute Gasteiger partial charge is 0.252 e. The second-order valence-corrected chi connectivity index (χ2v) is 2.64. The molecule has 0 aliphatic heterocycles. The molecule has 1 rings (SSSR count). The van der Waals surface area contributed by atoms with Gasteiger partial charge in [-0.15, -0.1) is 0 Å². The molecule has 1 aromatic rings. The maximum atomic E-state index is 10.5. The van der Waals surface area contributed by atoms with Crippen molar-refractivity contribution < 1.29 is 9.90 Å². The summed E-state index contributed by atoms with van der Waals surface area (Å²) < 4.78 is 0. The third kappa shape index (κ3) is 4.74. The van der Waals surface area contributed by atoms with Gasteiger partial charge in [0.15, 0.2) is 0 Å². The zero-order valence-corrected chi connectivity index (χ0v) is 8.66. The van der Waals surface area contributed by atoms with Crippen molar-refractivity contribution in [3.8, 4) is 5.75 Å². The largest absolute Gasteiger partial charge is 0.507 e. The Hall–Kier alpha value is -1.19. The maximum Gasteiger partial charge on any atom is 0.252 e. The molecule has 0 radical (unpaired) electrons. The van der Waals surface area contributed by atoms with Crippen LogP contribution in [0, 0.1) is 0 Å². The van der Waals surface area contributed by atoms with Crippen molar-refractivity contribution in [2.45, 2.75) is 0 Å². The molecular weight excluding hydrogens is 225 g/mol. The Balaban J connectivity index is 0.000000364. The number of benzene rings is 1. The van der Waals surface area contributed by atoms with Gasteiger partial charge in [-0.05, 0) is 12.1 Å². The van der Waals surface area contributed by atoms with Gasteiger partial charge in [-0.25, -0.2) is 0 Å². The third-order valence-electron chi connectivity index (χ3n) is 1.22. The Kier molecular flexibility index (Phi) is 6.62. The van der Waals surface area contributed by atoms with Gasteiger partial charge in [-0.2, -0.15) is 0 Å². The van der Waals surface area contributed by atoms with Gasteiger partial charge >= 0.3 is 0 Å². The number of rotatable bonds is 1. The molecule has 0 saturated heterocycles. The molecule has 1 amide bonds. The maximum absolute atomic E-state index is 10.5. The van der Waals surface area contributed by atoms with Gasteiger partial charge in [-0.3, -0.25) is 4.79 Å². The van der Waals surface area contributed by atoms with Crippen LogP contribution in [0.1, 0.15) is 10.4 Å². The summed E-state index contributed by atoms with van der Waals surface area (Å²) in [6.07, 6.45) is 0. The van der Waals surface area contributed by atoms with Crippen molar-refractivity contribution in [3.63, 3.8) is 0 Å². The highest BCUT2D eigenvalue weighted by Crippen LogP contribution is 2.13. The minimum absolute atomic E-state index is 0.0741. The lowest BCUT2D eigenvalue weighted by Gasteiger charge is -1.96. The SMILES string of the molecule is ClC=CCl.NC(=O)c1ccccc1O. The molecule has 76 valence electrons. The van der Waals surface area contributed by atoms with E-state index in [1.54, 1.807) is 12.1 Å². The number of primary amides is 1. The lowest BCUT2D eigenvalue weighted by atomic mass is 10.2. The number of nitrogens with two attached hydrogens (primary N) is 1. The standard InChI is InChI=1S/C7H7NO2.C2H2Cl2/c8-7(10)5-3-1-2-4-6(5)9;3-1-2-4/h1-4,9H,(H2,8,10);1-2H. The Morgan fingerprint density at radius 2 is 1.79 bits per heavy atom. The molecule has 0 bridgehead atoms. The summed E-state index contributed by atoms with van der Waals surface area (Å²) in [6, 6.07) is 6.15. The van der Waals surface area contributed by atoms with Gasteiger partial charge in [0, 0.05) is 11.1 Å². The van der Waals surface area contributed by atoms with E-state index in [1.807, 2.05) is 0 Å². The minimum Gasteiger partial charge on any atom is -0.507 e. The zero-order chi connectivity index (χ0) is 11.0. The number of halogens is 2. The lowest BCUT2D eigenvalue weighted by molar-refractivity contribution is 0.0998. The van der Waals surface area contributed by atoms with E-state index in [9.17, 15) is 4.79 Å². The van der Waals surface area contributed by atoms with Crippen molar-refractivity contribution in [1.82, 2.24) is 0 Å². The molecule has 0 spiro atoms. The van der Waals surface area contributed by atoms with Gasteiger partial charge in [0.1, 0.15) is 5.75 Å². The first kappa shape index (κ1) is 12.8. The normalized spacial score (nSPS) is 9.29. The zero-order valence-electron chi connectivity index (χ0n) is 7.15. The molecule has 0 aliphatic carbocycles. The van der Waals surface area contributed by atoms with Gasteiger partial charge in [0.05, 0.1) is 5.56 Å². The van der Waals surface area contributed by atoms with E-state index in [1.165, 1.54) is 23.2 Å². The van der Waals surface area contributed by atoms with Crippen LogP contribution in [0.3, 0.4) is 0 Å². The number of phenols is 1. The summed E-state index contributed by atoms with van der Waals surface area (Å²) in [5, 5.41) is 8.98. The van der Waals surface area contributed by atoms with E-state index >= 15 is 0 Å². The first-order chi connectivity index (χ1) is 6.63. The number of hydrogen-bond donors (Lipinski definition) is 2. The van der Waals surface area contributed by atoms with Gasteiger partial charge in [0.25, 0.3) is 5.91 Å². The van der Waals surface area contributed by atoms with Crippen molar-refractivity contribution in [3.05, 3.63) is 40.9 Å². The topological polar surface area (TPSA) is 63.3 Å². The van der Waals surface area contributed by atoms with Crippen LogP contribution in [0.2, 0.25) is 0 Å². The average Bonchev–Trinajstić information content (AvgIpc) is 2.18. The van der Waals surface area contributed by atoms with E-state index in [4.69, 9.17) is 34.0 Å². The monoisotopic (exact) mass is 233 g/mol. The molecular formula is C9H9Cl2NO2. The van der Waals surface area contributed by atoms with Crippen LogP contribution in [-0.2, 0) is 0 Å².